The number of hydrazone groups is 1. The number of carbonyl (C=O) groups excluding carboxylic acids is 3. The number of nitrogens with zero attached hydrogens (tertiary/aromatic N) is 2. The molecule has 0 bridgehead atoms. The minimum absolute atomic E-state index is 0.0341. The topological polar surface area (TPSA) is 100 Å². The Morgan fingerprint density at radius 1 is 0.725 bits per heavy atom. The van der Waals surface area contributed by atoms with Gasteiger partial charge < -0.3 is 15.0 Å². The minimum atomic E-state index is -0.592. The van der Waals surface area contributed by atoms with Crippen LogP contribution in [0.5, 0.6) is 5.75 Å². The van der Waals surface area contributed by atoms with Crippen LogP contribution >= 0.6 is 0 Å². The van der Waals surface area contributed by atoms with Crippen LogP contribution in [0.2, 0.25) is 0 Å². The van der Waals surface area contributed by atoms with Crippen LogP contribution in [-0.4, -0.2) is 38.1 Å². The van der Waals surface area contributed by atoms with Gasteiger partial charge in [0.2, 0.25) is 0 Å². The van der Waals surface area contributed by atoms with E-state index in [1.165, 1.54) is 6.21 Å². The summed E-state index contributed by atoms with van der Waals surface area (Å²) in [7, 11) is 3.87. The van der Waals surface area contributed by atoms with Crippen LogP contribution in [-0.2, 0) is 4.79 Å². The highest BCUT2D eigenvalue weighted by molar-refractivity contribution is 6.05. The molecular weight excluding hydrogens is 504 g/mol. The summed E-state index contributed by atoms with van der Waals surface area (Å²) in [6.45, 7) is 0. The second kappa shape index (κ2) is 13.3. The van der Waals surface area contributed by atoms with Gasteiger partial charge in [0, 0.05) is 25.3 Å². The van der Waals surface area contributed by atoms with Gasteiger partial charge in [-0.1, -0.05) is 48.5 Å². The van der Waals surface area contributed by atoms with Gasteiger partial charge in [0.05, 0.1) is 11.8 Å². The highest BCUT2D eigenvalue weighted by Crippen LogP contribution is 2.15. The lowest BCUT2D eigenvalue weighted by molar-refractivity contribution is -0.117. The molecule has 0 saturated carbocycles. The van der Waals surface area contributed by atoms with Gasteiger partial charge in [0.1, 0.15) is 11.4 Å². The zero-order chi connectivity index (χ0) is 28.3. The summed E-state index contributed by atoms with van der Waals surface area (Å²) < 4.78 is 5.38. The van der Waals surface area contributed by atoms with Gasteiger partial charge >= 0.3 is 5.97 Å². The Bertz CT molecular complexity index is 1510. The predicted octanol–water partition coefficient (Wildman–Crippen LogP) is 4.89. The Hall–Kier alpha value is -5.50. The fraction of sp³-hybridized carbons (Fsp3) is 0.0625. The third-order valence-corrected chi connectivity index (χ3v) is 5.73. The van der Waals surface area contributed by atoms with Crippen molar-refractivity contribution in [1.29, 1.82) is 0 Å². The summed E-state index contributed by atoms with van der Waals surface area (Å²) >= 11 is 0. The number of carbonyl (C=O) groups is 3. The molecule has 0 saturated heterocycles. The Morgan fingerprint density at radius 2 is 1.30 bits per heavy atom. The Labute approximate surface area is 232 Å². The lowest BCUT2D eigenvalue weighted by Crippen LogP contribution is -2.32. The molecule has 0 aliphatic rings. The maximum atomic E-state index is 13.0. The number of esters is 1. The summed E-state index contributed by atoms with van der Waals surface area (Å²) in [6.07, 6.45) is 3.03. The first-order valence-corrected chi connectivity index (χ1v) is 12.5. The van der Waals surface area contributed by atoms with E-state index in [1.807, 2.05) is 49.3 Å². The maximum Gasteiger partial charge on any atom is 0.343 e. The second-order valence-electron chi connectivity index (χ2n) is 8.89. The van der Waals surface area contributed by atoms with E-state index in [4.69, 9.17) is 4.74 Å². The van der Waals surface area contributed by atoms with E-state index < -0.39 is 17.8 Å². The van der Waals surface area contributed by atoms with Crippen molar-refractivity contribution in [1.82, 2.24) is 10.7 Å². The molecule has 0 radical (unpaired) electrons. The molecule has 4 aromatic rings. The first kappa shape index (κ1) is 27.5. The van der Waals surface area contributed by atoms with Crippen molar-refractivity contribution in [2.24, 2.45) is 5.10 Å². The van der Waals surface area contributed by atoms with Crippen LogP contribution in [0.15, 0.2) is 120 Å². The number of nitrogens with one attached hydrogen (secondary N) is 2. The van der Waals surface area contributed by atoms with Crippen LogP contribution in [0.3, 0.4) is 0 Å². The van der Waals surface area contributed by atoms with Gasteiger partial charge in [-0.2, -0.15) is 5.10 Å². The third-order valence-electron chi connectivity index (χ3n) is 5.73. The summed E-state index contributed by atoms with van der Waals surface area (Å²) in [5.74, 6) is -1.09. The molecule has 0 spiro atoms. The number of anilines is 1. The standard InChI is InChI=1S/C32H28N4O4/c1-36(2)27-17-13-23(14-18-27)21-29(34-30(37)25-9-5-3-6-10-25)31(38)35-33-22-24-15-19-28(20-16-24)40-32(39)26-11-7-4-8-12-26/h3-22H,1-2H3,(H,34,37)(H,35,38)/b29-21+,33-22+. The Morgan fingerprint density at radius 3 is 1.90 bits per heavy atom. The van der Waals surface area contributed by atoms with Crippen molar-refractivity contribution in [3.8, 4) is 5.75 Å². The van der Waals surface area contributed by atoms with Crippen LogP contribution in [0, 0.1) is 0 Å². The average molecular weight is 533 g/mol. The number of hydrogen-bond acceptors (Lipinski definition) is 6. The van der Waals surface area contributed by atoms with Gasteiger partial charge in [0.15, 0.2) is 0 Å². The first-order valence-electron chi connectivity index (χ1n) is 12.5. The van der Waals surface area contributed by atoms with Crippen molar-refractivity contribution in [2.75, 3.05) is 19.0 Å². The first-order chi connectivity index (χ1) is 19.4. The van der Waals surface area contributed by atoms with Crippen molar-refractivity contribution in [3.63, 3.8) is 0 Å². The zero-order valence-corrected chi connectivity index (χ0v) is 22.1. The smallest absolute Gasteiger partial charge is 0.343 e. The molecule has 0 unspecified atom stereocenters. The van der Waals surface area contributed by atoms with E-state index in [2.05, 4.69) is 15.8 Å². The molecule has 0 atom stereocenters. The van der Waals surface area contributed by atoms with Crippen LogP contribution in [0.4, 0.5) is 5.69 Å². The third kappa shape index (κ3) is 7.75. The van der Waals surface area contributed by atoms with Crippen LogP contribution in [0.25, 0.3) is 6.08 Å². The fourth-order valence-corrected chi connectivity index (χ4v) is 3.57. The normalized spacial score (nSPS) is 11.1. The SMILES string of the molecule is CN(C)c1ccc(/C=C(/NC(=O)c2ccccc2)C(=O)N/N=C/c2ccc(OC(=O)c3ccccc3)cc2)cc1. The molecule has 40 heavy (non-hydrogen) atoms. The van der Waals surface area contributed by atoms with E-state index >= 15 is 0 Å². The zero-order valence-electron chi connectivity index (χ0n) is 22.1. The van der Waals surface area contributed by atoms with Gasteiger partial charge in [0.25, 0.3) is 11.8 Å². The summed E-state index contributed by atoms with van der Waals surface area (Å²) in [5, 5.41) is 6.71. The summed E-state index contributed by atoms with van der Waals surface area (Å²) in [6, 6.07) is 31.5. The van der Waals surface area contributed by atoms with E-state index in [-0.39, 0.29) is 5.70 Å². The predicted molar refractivity (Wildman–Crippen MR) is 156 cm³/mol. The largest absolute Gasteiger partial charge is 0.423 e. The molecule has 8 nitrogen and oxygen atoms in total. The number of benzene rings is 4. The van der Waals surface area contributed by atoms with Crippen molar-refractivity contribution in [2.45, 2.75) is 0 Å². The fourth-order valence-electron chi connectivity index (χ4n) is 3.57. The number of amides is 2. The van der Waals surface area contributed by atoms with Crippen LogP contribution in [0.1, 0.15) is 31.8 Å². The number of rotatable bonds is 9. The molecular formula is C32H28N4O4. The van der Waals surface area contributed by atoms with Gasteiger partial charge in [-0.3, -0.25) is 9.59 Å². The van der Waals surface area contributed by atoms with Gasteiger partial charge in [-0.25, -0.2) is 10.2 Å². The Balaban J connectivity index is 1.44. The van der Waals surface area contributed by atoms with Crippen molar-refractivity contribution >= 4 is 35.8 Å². The highest BCUT2D eigenvalue weighted by atomic mass is 16.5. The number of ether oxygens (including phenoxy) is 1. The molecule has 2 amide bonds. The maximum absolute atomic E-state index is 13.0. The minimum Gasteiger partial charge on any atom is -0.423 e. The number of hydrogen-bond donors (Lipinski definition) is 2. The monoisotopic (exact) mass is 532 g/mol. The quantitative estimate of drug-likeness (QED) is 0.105. The van der Waals surface area contributed by atoms with E-state index in [9.17, 15) is 14.4 Å². The molecule has 8 heteroatoms. The van der Waals surface area contributed by atoms with E-state index in [0.29, 0.717) is 22.4 Å². The van der Waals surface area contributed by atoms with Crippen molar-refractivity contribution in [3.05, 3.63) is 137 Å². The summed E-state index contributed by atoms with van der Waals surface area (Å²) in [5.41, 5.74) is 5.76. The molecule has 0 fully saturated rings. The van der Waals surface area contributed by atoms with E-state index in [1.54, 1.807) is 84.9 Å². The highest BCUT2D eigenvalue weighted by Gasteiger charge is 2.14. The summed E-state index contributed by atoms with van der Waals surface area (Å²) in [4.78, 5) is 40.0. The lowest BCUT2D eigenvalue weighted by atomic mass is 10.1. The Kier molecular flexibility index (Phi) is 9.18. The molecule has 0 aliphatic heterocycles. The van der Waals surface area contributed by atoms with E-state index in [0.717, 1.165) is 11.3 Å². The van der Waals surface area contributed by atoms with Gasteiger partial charge in [-0.05, 0) is 77.9 Å². The molecule has 200 valence electrons. The molecule has 0 aromatic heterocycles. The lowest BCUT2D eigenvalue weighted by Gasteiger charge is -2.12. The average Bonchev–Trinajstić information content (AvgIpc) is 2.98. The molecule has 4 rings (SSSR count). The van der Waals surface area contributed by atoms with Gasteiger partial charge in [-0.15, -0.1) is 0 Å². The molecule has 4 aromatic carbocycles. The molecule has 0 heterocycles. The molecule has 0 aliphatic carbocycles. The van der Waals surface area contributed by atoms with Crippen molar-refractivity contribution < 1.29 is 19.1 Å². The van der Waals surface area contributed by atoms with Crippen LogP contribution < -0.4 is 20.4 Å². The second-order valence-corrected chi connectivity index (χ2v) is 8.89. The molecule has 2 N–H and O–H groups in total.